The molecule has 8 heteroatoms. The van der Waals surface area contributed by atoms with Gasteiger partial charge in [-0.3, -0.25) is 0 Å². The van der Waals surface area contributed by atoms with Crippen molar-refractivity contribution in [3.63, 3.8) is 0 Å². The van der Waals surface area contributed by atoms with E-state index in [1.807, 2.05) is 6.92 Å². The van der Waals surface area contributed by atoms with Crippen LogP contribution >= 0.6 is 11.3 Å². The summed E-state index contributed by atoms with van der Waals surface area (Å²) in [7, 11) is 1.76. The highest BCUT2D eigenvalue weighted by Crippen LogP contribution is 2.30. The van der Waals surface area contributed by atoms with Crippen molar-refractivity contribution in [2.75, 3.05) is 6.54 Å². The Bertz CT molecular complexity index is 709. The molecule has 2 amide bonds. The quantitative estimate of drug-likeness (QED) is 0.898. The Labute approximate surface area is 146 Å². The topological polar surface area (TPSA) is 75.9 Å². The normalized spacial score (nSPS) is 16.7. The van der Waals surface area contributed by atoms with Crippen molar-refractivity contribution in [2.24, 2.45) is 13.0 Å². The van der Waals surface area contributed by atoms with Gasteiger partial charge in [0.2, 0.25) is 0 Å². The summed E-state index contributed by atoms with van der Waals surface area (Å²) in [6.07, 6.45) is 5.06. The lowest BCUT2D eigenvalue weighted by Crippen LogP contribution is -2.39. The van der Waals surface area contributed by atoms with E-state index in [1.165, 1.54) is 21.8 Å². The van der Waals surface area contributed by atoms with Crippen LogP contribution in [0.3, 0.4) is 0 Å². The number of aryl methyl sites for hydroxylation is 2. The fourth-order valence-electron chi connectivity index (χ4n) is 2.90. The summed E-state index contributed by atoms with van der Waals surface area (Å²) in [4.78, 5) is 21.8. The zero-order valence-corrected chi connectivity index (χ0v) is 15.3. The number of rotatable bonds is 5. The maximum absolute atomic E-state index is 12.4. The molecule has 24 heavy (non-hydrogen) atoms. The summed E-state index contributed by atoms with van der Waals surface area (Å²) >= 11 is 1.76. The number of hydrogen-bond donors (Lipinski definition) is 1. The number of nitrogens with one attached hydrogen (secondary N) is 1. The molecule has 1 aliphatic rings. The van der Waals surface area contributed by atoms with E-state index in [1.54, 1.807) is 29.5 Å². The molecule has 7 nitrogen and oxygen atoms in total. The first-order valence-electron chi connectivity index (χ1n) is 8.40. The third-order valence-electron chi connectivity index (χ3n) is 4.29. The molecule has 0 aromatic carbocycles. The van der Waals surface area contributed by atoms with Crippen molar-refractivity contribution in [3.8, 4) is 0 Å². The van der Waals surface area contributed by atoms with Gasteiger partial charge in [-0.15, -0.1) is 11.3 Å². The van der Waals surface area contributed by atoms with E-state index in [4.69, 9.17) is 4.98 Å². The van der Waals surface area contributed by atoms with Gasteiger partial charge in [-0.25, -0.2) is 9.78 Å². The van der Waals surface area contributed by atoms with E-state index >= 15 is 0 Å². The maximum Gasteiger partial charge on any atom is 0.318 e. The fraction of sp³-hybridized carbons (Fsp3) is 0.625. The lowest BCUT2D eigenvalue weighted by atomic mass is 9.93. The van der Waals surface area contributed by atoms with E-state index in [9.17, 15) is 4.79 Å². The van der Waals surface area contributed by atoms with Crippen molar-refractivity contribution in [2.45, 2.75) is 46.2 Å². The number of nitrogens with zero attached hydrogens (tertiary/aromatic N) is 5. The van der Waals surface area contributed by atoms with Crippen molar-refractivity contribution in [1.82, 2.24) is 30.2 Å². The summed E-state index contributed by atoms with van der Waals surface area (Å²) in [6, 6.07) is -0.0929. The number of carbonyl (C=O) groups is 1. The Kier molecular flexibility index (Phi) is 5.13. The van der Waals surface area contributed by atoms with Crippen molar-refractivity contribution in [1.29, 1.82) is 0 Å². The maximum atomic E-state index is 12.4. The molecular weight excluding hydrogens is 324 g/mol. The van der Waals surface area contributed by atoms with E-state index in [0.717, 1.165) is 29.5 Å². The van der Waals surface area contributed by atoms with E-state index in [2.05, 4.69) is 22.4 Å². The zero-order valence-electron chi connectivity index (χ0n) is 14.4. The summed E-state index contributed by atoms with van der Waals surface area (Å²) in [5.74, 6) is 0.739. The zero-order chi connectivity index (χ0) is 17.1. The van der Waals surface area contributed by atoms with Gasteiger partial charge in [0.05, 0.1) is 25.0 Å². The van der Waals surface area contributed by atoms with Gasteiger partial charge in [-0.2, -0.15) is 15.0 Å². The monoisotopic (exact) mass is 348 g/mol. The molecule has 3 rings (SSSR count). The smallest absolute Gasteiger partial charge is 0.318 e. The minimum Gasteiger partial charge on any atom is -0.332 e. The Morgan fingerprint density at radius 2 is 2.38 bits per heavy atom. The Hall–Kier alpha value is -1.96. The van der Waals surface area contributed by atoms with Crippen LogP contribution in [0.15, 0.2) is 6.20 Å². The molecule has 2 heterocycles. The first-order valence-corrected chi connectivity index (χ1v) is 9.22. The lowest BCUT2D eigenvalue weighted by Gasteiger charge is -2.19. The predicted molar refractivity (Wildman–Crippen MR) is 92.6 cm³/mol. The second-order valence-electron chi connectivity index (χ2n) is 6.32. The van der Waals surface area contributed by atoms with Gasteiger partial charge in [0, 0.05) is 18.5 Å². The third kappa shape index (κ3) is 3.92. The number of thiazole rings is 1. The van der Waals surface area contributed by atoms with Gasteiger partial charge in [0.15, 0.2) is 0 Å². The van der Waals surface area contributed by atoms with Gasteiger partial charge in [-0.1, -0.05) is 6.92 Å². The average Bonchev–Trinajstić information content (AvgIpc) is 3.15. The minimum absolute atomic E-state index is 0.0929. The summed E-state index contributed by atoms with van der Waals surface area (Å²) in [5.41, 5.74) is 1.99. The SMILES string of the molecule is CCN(Cc1nc2c(s1)CC(C)CC2)C(=O)NCc1cnn(C)n1. The standard InChI is InChI=1S/C16H24N6OS/c1-4-22(16(23)17-8-12-9-18-21(3)20-12)10-15-19-13-6-5-11(2)7-14(13)24-15/h9,11H,4-8,10H2,1-3H3,(H,17,23). The molecule has 130 valence electrons. The number of aromatic nitrogens is 4. The second-order valence-corrected chi connectivity index (χ2v) is 7.49. The molecule has 2 aromatic rings. The van der Waals surface area contributed by atoms with Crippen molar-refractivity contribution in [3.05, 3.63) is 27.5 Å². The fourth-order valence-corrected chi connectivity index (χ4v) is 4.19. The molecule has 0 radical (unpaired) electrons. The molecular formula is C16H24N6OS. The Morgan fingerprint density at radius 1 is 1.54 bits per heavy atom. The van der Waals surface area contributed by atoms with Gasteiger partial charge in [0.1, 0.15) is 10.7 Å². The number of fused-ring (bicyclic) bond motifs is 1. The van der Waals surface area contributed by atoms with Gasteiger partial charge in [0.25, 0.3) is 0 Å². The van der Waals surface area contributed by atoms with Crippen molar-refractivity contribution < 1.29 is 4.79 Å². The van der Waals surface area contributed by atoms with Crippen molar-refractivity contribution >= 4 is 17.4 Å². The first-order chi connectivity index (χ1) is 11.5. The second kappa shape index (κ2) is 7.29. The van der Waals surface area contributed by atoms with E-state index in [0.29, 0.717) is 19.6 Å². The van der Waals surface area contributed by atoms with Crippen LogP contribution < -0.4 is 5.32 Å². The number of carbonyl (C=O) groups excluding carboxylic acids is 1. The molecule has 0 spiro atoms. The van der Waals surface area contributed by atoms with Gasteiger partial charge < -0.3 is 10.2 Å². The van der Waals surface area contributed by atoms with Crippen LogP contribution in [0, 0.1) is 5.92 Å². The largest absolute Gasteiger partial charge is 0.332 e. The average molecular weight is 348 g/mol. The van der Waals surface area contributed by atoms with Gasteiger partial charge >= 0.3 is 6.03 Å². The summed E-state index contributed by atoms with van der Waals surface area (Å²) < 4.78 is 0. The third-order valence-corrected chi connectivity index (χ3v) is 5.40. The van der Waals surface area contributed by atoms with Crippen LogP contribution in [0.1, 0.15) is 41.5 Å². The van der Waals surface area contributed by atoms with Crippen LogP contribution in [0.4, 0.5) is 4.79 Å². The van der Waals surface area contributed by atoms with Crippen LogP contribution in [0.25, 0.3) is 0 Å². The molecule has 1 unspecified atom stereocenters. The van der Waals surface area contributed by atoms with Gasteiger partial charge in [-0.05, 0) is 32.1 Å². The predicted octanol–water partition coefficient (Wildman–Crippen LogP) is 2.13. The molecule has 0 saturated carbocycles. The molecule has 1 atom stereocenters. The molecule has 0 bridgehead atoms. The molecule has 2 aromatic heterocycles. The molecule has 0 aliphatic heterocycles. The van der Waals surface area contributed by atoms with E-state index in [-0.39, 0.29) is 6.03 Å². The highest BCUT2D eigenvalue weighted by atomic mass is 32.1. The highest BCUT2D eigenvalue weighted by Gasteiger charge is 2.21. The first kappa shape index (κ1) is 16.9. The molecule has 0 saturated heterocycles. The number of urea groups is 1. The lowest BCUT2D eigenvalue weighted by molar-refractivity contribution is 0.197. The summed E-state index contributed by atoms with van der Waals surface area (Å²) in [5, 5.41) is 12.1. The minimum atomic E-state index is -0.0929. The number of amides is 2. The Morgan fingerprint density at radius 3 is 3.08 bits per heavy atom. The summed E-state index contributed by atoms with van der Waals surface area (Å²) in [6.45, 7) is 5.87. The van der Waals surface area contributed by atoms with E-state index < -0.39 is 0 Å². The van der Waals surface area contributed by atoms with Crippen LogP contribution in [-0.2, 0) is 33.0 Å². The number of hydrogen-bond acceptors (Lipinski definition) is 5. The molecule has 1 aliphatic carbocycles. The van der Waals surface area contributed by atoms with Crippen LogP contribution in [-0.4, -0.2) is 37.5 Å². The highest BCUT2D eigenvalue weighted by molar-refractivity contribution is 7.11. The Balaban J connectivity index is 1.58. The van der Waals surface area contributed by atoms with Crippen LogP contribution in [0.5, 0.6) is 0 Å². The molecule has 0 fully saturated rings. The van der Waals surface area contributed by atoms with Crippen LogP contribution in [0.2, 0.25) is 0 Å². The molecule has 1 N–H and O–H groups in total.